The average molecular weight is 918 g/mol. The fourth-order valence-electron chi connectivity index (χ4n) is 7.05. The Morgan fingerprint density at radius 3 is 2.00 bits per heavy atom. The normalized spacial score (nSPS) is 17.3. The number of hydrogen-bond acceptors (Lipinski definition) is 13. The quantitative estimate of drug-likeness (QED) is 0.0466. The number of nitrogens with two attached hydrogens (primary N) is 1. The van der Waals surface area contributed by atoms with Crippen LogP contribution in [0.4, 0.5) is 0 Å². The highest BCUT2D eigenvalue weighted by molar-refractivity contribution is 5.99. The van der Waals surface area contributed by atoms with Gasteiger partial charge < -0.3 is 73.1 Å². The van der Waals surface area contributed by atoms with Crippen LogP contribution in [0, 0.1) is 5.92 Å². The van der Waals surface area contributed by atoms with Gasteiger partial charge in [-0.3, -0.25) is 43.2 Å². The fraction of sp³-hybridized carbons (Fsp3) is 0.561. The number of carboxylic acids is 3. The predicted molar refractivity (Wildman–Crippen MR) is 227 cm³/mol. The molecule has 1 fully saturated rings. The van der Waals surface area contributed by atoms with Crippen LogP contribution in [0.3, 0.4) is 0 Å². The highest BCUT2D eigenvalue weighted by Crippen LogP contribution is 2.21. The van der Waals surface area contributed by atoms with Crippen molar-refractivity contribution >= 4 is 70.2 Å². The molecule has 7 amide bonds. The van der Waals surface area contributed by atoms with Crippen molar-refractivity contribution in [3.63, 3.8) is 0 Å². The minimum Gasteiger partial charge on any atom is -0.481 e. The van der Waals surface area contributed by atoms with E-state index in [2.05, 4.69) is 36.9 Å². The first kappa shape index (κ1) is 52.7. The van der Waals surface area contributed by atoms with Gasteiger partial charge in [0.25, 0.3) is 0 Å². The molecule has 358 valence electrons. The van der Waals surface area contributed by atoms with Gasteiger partial charge in [-0.25, -0.2) is 4.79 Å². The summed E-state index contributed by atoms with van der Waals surface area (Å²) in [6.45, 7) is 4.82. The lowest BCUT2D eigenvalue weighted by Crippen LogP contribution is -2.61. The zero-order valence-corrected chi connectivity index (χ0v) is 36.4. The number of hydrogen-bond donors (Lipinski definition) is 13. The lowest BCUT2D eigenvalue weighted by Gasteiger charge is -2.30. The standard InChI is InChI=1S/C41H59N9O15/c1-19(2)14-28(41(64)65)47-38(61)30-10-7-13-50(30)40(63)27(16-32(55)56)46-34(57)20(3)44-36(59)26(15-22-17-43-25-9-6-5-8-23(22)25)45-37(60)29(18-51)48-39(62)33(21(4)52)49-35(58)24(42)11-12-31(53)54/h5-6,8-9,17,19-21,24,26-30,33,43,51-52H,7,10-16,18,42H2,1-4H3,(H,44,59)(H,45,60)(H,46,57)(H,47,61)(H,48,62)(H,49,58)(H,53,54)(H,55,56)(H,64,65)/t20-,21+,24-,26-,27-,28-,29-,30-,33-/m0/s1. The molecular formula is C41H59N9O15. The summed E-state index contributed by atoms with van der Waals surface area (Å²) >= 11 is 0. The van der Waals surface area contributed by atoms with Crippen LogP contribution in [0.25, 0.3) is 10.9 Å². The number of likely N-dealkylation sites (tertiary alicyclic amines) is 1. The Labute approximate surface area is 372 Å². The molecule has 14 N–H and O–H groups in total. The largest absolute Gasteiger partial charge is 0.481 e. The number of rotatable bonds is 25. The van der Waals surface area contributed by atoms with Crippen molar-refractivity contribution in [1.29, 1.82) is 0 Å². The number of para-hydroxylation sites is 1. The second kappa shape index (κ2) is 24.4. The van der Waals surface area contributed by atoms with E-state index in [4.69, 9.17) is 10.8 Å². The second-order valence-corrected chi connectivity index (χ2v) is 16.2. The average Bonchev–Trinajstić information content (AvgIpc) is 3.90. The first-order valence-electron chi connectivity index (χ1n) is 20.9. The summed E-state index contributed by atoms with van der Waals surface area (Å²) in [5.41, 5.74) is 6.89. The van der Waals surface area contributed by atoms with Gasteiger partial charge in [0.2, 0.25) is 41.4 Å². The maximum absolute atomic E-state index is 13.9. The Balaban J connectivity index is 1.80. The first-order chi connectivity index (χ1) is 30.5. The second-order valence-electron chi connectivity index (χ2n) is 16.2. The van der Waals surface area contributed by atoms with Crippen molar-refractivity contribution in [2.45, 2.75) is 127 Å². The van der Waals surface area contributed by atoms with Gasteiger partial charge in [-0.05, 0) is 57.1 Å². The SMILES string of the molecule is CC(C)C[C@H](NC(=O)[C@@H]1CCCN1C(=O)[C@H](CC(=O)O)NC(=O)[C@H](C)NC(=O)[C@H](Cc1c[nH]c2ccccc12)NC(=O)[C@H](CO)NC(=O)[C@@H](NC(=O)[C@@H](N)CCC(=O)O)[C@@H](C)O)C(=O)O. The molecule has 1 aromatic heterocycles. The number of fused-ring (bicyclic) bond motifs is 1. The molecule has 24 heteroatoms. The van der Waals surface area contributed by atoms with Crippen molar-refractivity contribution in [3.05, 3.63) is 36.0 Å². The van der Waals surface area contributed by atoms with E-state index in [1.807, 2.05) is 0 Å². The third kappa shape index (κ3) is 15.5. The molecule has 2 aromatic rings. The third-order valence-electron chi connectivity index (χ3n) is 10.5. The van der Waals surface area contributed by atoms with Gasteiger partial charge in [0.05, 0.1) is 25.2 Å². The molecule has 2 heterocycles. The van der Waals surface area contributed by atoms with Crippen LogP contribution < -0.4 is 37.6 Å². The number of nitrogens with one attached hydrogen (secondary N) is 7. The van der Waals surface area contributed by atoms with E-state index in [9.17, 15) is 68.4 Å². The molecule has 24 nitrogen and oxygen atoms in total. The van der Waals surface area contributed by atoms with E-state index in [0.717, 1.165) is 11.8 Å². The molecule has 1 aromatic carbocycles. The van der Waals surface area contributed by atoms with Crippen molar-refractivity contribution in [3.8, 4) is 0 Å². The maximum Gasteiger partial charge on any atom is 0.326 e. The highest BCUT2D eigenvalue weighted by atomic mass is 16.4. The summed E-state index contributed by atoms with van der Waals surface area (Å²) in [5.74, 6) is -11.1. The predicted octanol–water partition coefficient (Wildman–Crippen LogP) is -3.20. The number of nitrogens with zero attached hydrogens (tertiary/aromatic N) is 1. The first-order valence-corrected chi connectivity index (χ1v) is 20.9. The number of carbonyl (C=O) groups excluding carboxylic acids is 7. The monoisotopic (exact) mass is 917 g/mol. The molecule has 0 spiro atoms. The number of aliphatic hydroxyl groups excluding tert-OH is 2. The van der Waals surface area contributed by atoms with Gasteiger partial charge in [0.15, 0.2) is 0 Å². The molecule has 1 aliphatic heterocycles. The van der Waals surface area contributed by atoms with Gasteiger partial charge >= 0.3 is 17.9 Å². The number of aromatic nitrogens is 1. The molecule has 0 bridgehead atoms. The van der Waals surface area contributed by atoms with E-state index >= 15 is 0 Å². The van der Waals surface area contributed by atoms with Crippen LogP contribution in [0.2, 0.25) is 0 Å². The summed E-state index contributed by atoms with van der Waals surface area (Å²) in [4.78, 5) is 133. The van der Waals surface area contributed by atoms with Gasteiger partial charge in [-0.2, -0.15) is 0 Å². The molecule has 65 heavy (non-hydrogen) atoms. The summed E-state index contributed by atoms with van der Waals surface area (Å²) in [5, 5.41) is 63.2. The maximum atomic E-state index is 13.9. The van der Waals surface area contributed by atoms with Crippen molar-refractivity contribution in [2.24, 2.45) is 11.7 Å². The Morgan fingerprint density at radius 2 is 1.40 bits per heavy atom. The number of aromatic amines is 1. The number of carbonyl (C=O) groups is 10. The van der Waals surface area contributed by atoms with E-state index in [0.29, 0.717) is 22.9 Å². The van der Waals surface area contributed by atoms with E-state index in [-0.39, 0.29) is 38.1 Å². The van der Waals surface area contributed by atoms with E-state index < -0.39 is 133 Å². The number of amides is 7. The molecular weight excluding hydrogens is 858 g/mol. The highest BCUT2D eigenvalue weighted by Gasteiger charge is 2.40. The van der Waals surface area contributed by atoms with Crippen LogP contribution in [-0.4, -0.2) is 162 Å². The van der Waals surface area contributed by atoms with Crippen molar-refractivity contribution in [1.82, 2.24) is 41.8 Å². The number of benzene rings is 1. The summed E-state index contributed by atoms with van der Waals surface area (Å²) in [7, 11) is 0. The number of H-pyrrole nitrogens is 1. The van der Waals surface area contributed by atoms with Crippen LogP contribution in [0.15, 0.2) is 30.5 Å². The van der Waals surface area contributed by atoms with E-state index in [1.165, 1.54) is 6.92 Å². The molecule has 0 radical (unpaired) electrons. The summed E-state index contributed by atoms with van der Waals surface area (Å²) in [6.07, 6.45) is -1.37. The van der Waals surface area contributed by atoms with Crippen LogP contribution in [0.5, 0.6) is 0 Å². The Morgan fingerprint density at radius 1 is 0.769 bits per heavy atom. The van der Waals surface area contributed by atoms with Crippen molar-refractivity contribution in [2.75, 3.05) is 13.2 Å². The number of aliphatic hydroxyl groups is 2. The molecule has 1 aliphatic rings. The Hall–Kier alpha value is -6.66. The van der Waals surface area contributed by atoms with Gasteiger partial charge in [-0.15, -0.1) is 0 Å². The molecule has 0 aliphatic carbocycles. The Kier molecular flexibility index (Phi) is 19.8. The smallest absolute Gasteiger partial charge is 0.326 e. The Bertz CT molecular complexity index is 2070. The van der Waals surface area contributed by atoms with Crippen LogP contribution in [-0.2, 0) is 54.4 Å². The molecule has 1 saturated heterocycles. The molecule has 0 unspecified atom stereocenters. The zero-order chi connectivity index (χ0) is 48.7. The molecule has 3 rings (SSSR count). The third-order valence-corrected chi connectivity index (χ3v) is 10.5. The van der Waals surface area contributed by atoms with Gasteiger partial charge in [0, 0.05) is 36.5 Å². The van der Waals surface area contributed by atoms with Gasteiger partial charge in [0.1, 0.15) is 42.3 Å². The zero-order valence-electron chi connectivity index (χ0n) is 36.4. The molecule has 0 saturated carbocycles. The van der Waals surface area contributed by atoms with Crippen LogP contribution >= 0.6 is 0 Å². The van der Waals surface area contributed by atoms with E-state index in [1.54, 1.807) is 44.3 Å². The van der Waals surface area contributed by atoms with Crippen molar-refractivity contribution < 1.29 is 73.5 Å². The lowest BCUT2D eigenvalue weighted by molar-refractivity contribution is -0.147. The topological polar surface area (TPSA) is 389 Å². The van der Waals surface area contributed by atoms with Gasteiger partial charge in [-0.1, -0.05) is 32.0 Å². The molecule has 9 atom stereocenters. The summed E-state index contributed by atoms with van der Waals surface area (Å²) < 4.78 is 0. The van der Waals surface area contributed by atoms with Crippen LogP contribution in [0.1, 0.15) is 71.8 Å². The number of aliphatic carboxylic acids is 3. The minimum atomic E-state index is -1.79. The number of carboxylic acid groups (broad SMARTS) is 3. The summed E-state index contributed by atoms with van der Waals surface area (Å²) in [6, 6.07) is -5.11. The fourth-order valence-corrected chi connectivity index (χ4v) is 7.05. The minimum absolute atomic E-state index is 0.00129. The lowest BCUT2D eigenvalue weighted by atomic mass is 10.0.